The number of rotatable bonds is 15. The number of carboxylic acid groups (broad SMARTS) is 1. The highest BCUT2D eigenvalue weighted by atomic mass is 16.5. The number of carbonyl (C=O) groups excluding carboxylic acids is 1. The lowest BCUT2D eigenvalue weighted by atomic mass is 9.85. The molecule has 0 aromatic heterocycles. The fourth-order valence-electron chi connectivity index (χ4n) is 3.50. The average molecular weight is 425 g/mol. The molecule has 1 rings (SSSR count). The van der Waals surface area contributed by atoms with Crippen LogP contribution in [0.4, 0.5) is 0 Å². The van der Waals surface area contributed by atoms with E-state index in [9.17, 15) is 14.7 Å². The maximum absolute atomic E-state index is 12.9. The molecule has 1 aromatic carbocycles. The first kappa shape index (κ1) is 26.2. The van der Waals surface area contributed by atoms with Crippen molar-refractivity contribution in [3.8, 4) is 0 Å². The number of benzene rings is 1. The molecule has 0 saturated heterocycles. The van der Waals surface area contributed by atoms with Gasteiger partial charge in [0.1, 0.15) is 6.10 Å². The summed E-state index contributed by atoms with van der Waals surface area (Å²) in [6, 6.07) is 7.25. The van der Waals surface area contributed by atoms with Crippen LogP contribution in [-0.4, -0.2) is 23.1 Å². The predicted molar refractivity (Wildman–Crippen MR) is 127 cm³/mol. The van der Waals surface area contributed by atoms with Crippen molar-refractivity contribution in [2.24, 2.45) is 11.8 Å². The second kappa shape index (κ2) is 13.4. The van der Waals surface area contributed by atoms with Crippen LogP contribution in [0.1, 0.15) is 61.9 Å². The Balaban J connectivity index is 2.97. The van der Waals surface area contributed by atoms with Crippen molar-refractivity contribution in [3.63, 3.8) is 0 Å². The Morgan fingerprint density at radius 2 is 1.77 bits per heavy atom. The summed E-state index contributed by atoms with van der Waals surface area (Å²) in [5.74, 6) is -1.32. The number of carbonyl (C=O) groups is 2. The van der Waals surface area contributed by atoms with E-state index >= 15 is 0 Å². The Morgan fingerprint density at radius 1 is 1.10 bits per heavy atom. The minimum atomic E-state index is -1.02. The van der Waals surface area contributed by atoms with Crippen LogP contribution >= 0.6 is 0 Å². The summed E-state index contributed by atoms with van der Waals surface area (Å²) in [5.41, 5.74) is 2.15. The maximum Gasteiger partial charge on any atom is 0.339 e. The Kier molecular flexibility index (Phi) is 11.3. The van der Waals surface area contributed by atoms with Crippen molar-refractivity contribution in [1.29, 1.82) is 0 Å². The zero-order chi connectivity index (χ0) is 23.4. The predicted octanol–water partition coefficient (Wildman–Crippen LogP) is 6.55. The number of aliphatic carboxylic acids is 1. The van der Waals surface area contributed by atoms with Gasteiger partial charge in [0.2, 0.25) is 0 Å². The molecular formula is C27H36O4. The molecule has 0 radical (unpaired) electrons. The van der Waals surface area contributed by atoms with Crippen molar-refractivity contribution in [2.45, 2.75) is 58.5 Å². The van der Waals surface area contributed by atoms with E-state index in [1.54, 1.807) is 25.1 Å². The molecule has 0 bridgehead atoms. The summed E-state index contributed by atoms with van der Waals surface area (Å²) >= 11 is 0. The third-order valence-electron chi connectivity index (χ3n) is 5.54. The van der Waals surface area contributed by atoms with Gasteiger partial charge in [0.15, 0.2) is 0 Å². The first-order valence-electron chi connectivity index (χ1n) is 10.8. The van der Waals surface area contributed by atoms with E-state index in [0.717, 1.165) is 24.8 Å². The SMILES string of the molecule is C=CCCC(C)CCC(CC(OC(=O)c1ccccc1CC=C)C(=C)C)C(=C)C(=O)O. The molecule has 0 amide bonds. The van der Waals surface area contributed by atoms with E-state index in [4.69, 9.17) is 4.74 Å². The molecule has 0 heterocycles. The van der Waals surface area contributed by atoms with Gasteiger partial charge >= 0.3 is 11.9 Å². The molecule has 3 unspecified atom stereocenters. The minimum absolute atomic E-state index is 0.144. The number of allylic oxidation sites excluding steroid dienone is 2. The molecule has 4 nitrogen and oxygen atoms in total. The van der Waals surface area contributed by atoms with E-state index in [1.165, 1.54) is 0 Å². The molecule has 0 aliphatic heterocycles. The van der Waals surface area contributed by atoms with Crippen LogP contribution < -0.4 is 0 Å². The van der Waals surface area contributed by atoms with Crippen LogP contribution in [0.2, 0.25) is 0 Å². The highest BCUT2D eigenvalue weighted by molar-refractivity contribution is 5.91. The van der Waals surface area contributed by atoms with Gasteiger partial charge in [-0.25, -0.2) is 9.59 Å². The lowest BCUT2D eigenvalue weighted by Gasteiger charge is -2.25. The van der Waals surface area contributed by atoms with E-state index < -0.39 is 18.0 Å². The van der Waals surface area contributed by atoms with Crippen LogP contribution in [0.15, 0.2) is 73.9 Å². The quantitative estimate of drug-likeness (QED) is 0.197. The molecule has 0 spiro atoms. The highest BCUT2D eigenvalue weighted by Crippen LogP contribution is 2.29. The summed E-state index contributed by atoms with van der Waals surface area (Å²) in [5, 5.41) is 9.51. The molecule has 0 aliphatic rings. The first-order valence-corrected chi connectivity index (χ1v) is 10.8. The molecule has 3 atom stereocenters. The van der Waals surface area contributed by atoms with Gasteiger partial charge in [-0.05, 0) is 68.1 Å². The zero-order valence-corrected chi connectivity index (χ0v) is 18.9. The molecule has 31 heavy (non-hydrogen) atoms. The van der Waals surface area contributed by atoms with Crippen LogP contribution in [-0.2, 0) is 16.0 Å². The normalized spacial score (nSPS) is 13.5. The molecule has 4 heteroatoms. The van der Waals surface area contributed by atoms with Crippen LogP contribution in [0, 0.1) is 11.8 Å². The van der Waals surface area contributed by atoms with Gasteiger partial charge < -0.3 is 9.84 Å². The number of hydrogen-bond donors (Lipinski definition) is 1. The summed E-state index contributed by atoms with van der Waals surface area (Å²) < 4.78 is 5.80. The van der Waals surface area contributed by atoms with Crippen LogP contribution in [0.5, 0.6) is 0 Å². The lowest BCUT2D eigenvalue weighted by Crippen LogP contribution is -2.25. The summed E-state index contributed by atoms with van der Waals surface area (Å²) in [6.45, 7) is 19.2. The van der Waals surface area contributed by atoms with Gasteiger partial charge in [-0.2, -0.15) is 0 Å². The first-order chi connectivity index (χ1) is 14.7. The molecular weight excluding hydrogens is 388 g/mol. The van der Waals surface area contributed by atoms with Crippen LogP contribution in [0.3, 0.4) is 0 Å². The Labute approximate surface area is 187 Å². The smallest absolute Gasteiger partial charge is 0.339 e. The largest absolute Gasteiger partial charge is 0.478 e. The van der Waals surface area contributed by atoms with E-state index in [2.05, 4.69) is 33.2 Å². The Hall–Kier alpha value is -2.88. The van der Waals surface area contributed by atoms with Crippen molar-refractivity contribution >= 4 is 11.9 Å². The lowest BCUT2D eigenvalue weighted by molar-refractivity contribution is -0.133. The second-order valence-electron chi connectivity index (χ2n) is 8.20. The van der Waals surface area contributed by atoms with Gasteiger partial charge in [0.05, 0.1) is 5.56 Å². The Bertz CT molecular complexity index is 805. The molecule has 0 aliphatic carbocycles. The van der Waals surface area contributed by atoms with Crippen molar-refractivity contribution in [2.75, 3.05) is 0 Å². The van der Waals surface area contributed by atoms with E-state index in [0.29, 0.717) is 36.3 Å². The number of carboxylic acids is 1. The molecule has 1 N–H and O–H groups in total. The summed E-state index contributed by atoms with van der Waals surface area (Å²) in [7, 11) is 0. The van der Waals surface area contributed by atoms with Gasteiger partial charge in [-0.15, -0.1) is 13.2 Å². The fraction of sp³-hybridized carbons (Fsp3) is 0.407. The van der Waals surface area contributed by atoms with Crippen molar-refractivity contribution in [1.82, 2.24) is 0 Å². The monoisotopic (exact) mass is 424 g/mol. The zero-order valence-electron chi connectivity index (χ0n) is 18.9. The minimum Gasteiger partial charge on any atom is -0.478 e. The van der Waals surface area contributed by atoms with Crippen molar-refractivity contribution < 1.29 is 19.4 Å². The second-order valence-corrected chi connectivity index (χ2v) is 8.20. The average Bonchev–Trinajstić information content (AvgIpc) is 2.74. The van der Waals surface area contributed by atoms with Crippen molar-refractivity contribution in [3.05, 3.63) is 85.0 Å². The maximum atomic E-state index is 12.9. The van der Waals surface area contributed by atoms with Gasteiger partial charge in [0.25, 0.3) is 0 Å². The molecule has 0 saturated carbocycles. The standard InChI is InChI=1S/C27H36O4/c1-7-9-13-20(5)16-17-23(21(6)26(28)29)18-25(19(3)4)31-27(30)24-15-11-10-14-22(24)12-8-2/h7-8,10-11,14-15,20,23,25H,1-3,6,9,12-13,16-18H2,4-5H3,(H,28,29). The highest BCUT2D eigenvalue weighted by Gasteiger charge is 2.27. The molecule has 1 aromatic rings. The van der Waals surface area contributed by atoms with E-state index in [-0.39, 0.29) is 11.5 Å². The third kappa shape index (κ3) is 8.79. The van der Waals surface area contributed by atoms with E-state index in [1.807, 2.05) is 18.2 Å². The summed E-state index contributed by atoms with van der Waals surface area (Å²) in [6.07, 6.45) is 7.42. The fourth-order valence-corrected chi connectivity index (χ4v) is 3.50. The number of esters is 1. The molecule has 168 valence electrons. The number of hydrogen-bond acceptors (Lipinski definition) is 3. The van der Waals surface area contributed by atoms with Crippen LogP contribution in [0.25, 0.3) is 0 Å². The summed E-state index contributed by atoms with van der Waals surface area (Å²) in [4.78, 5) is 24.5. The van der Waals surface area contributed by atoms with Gasteiger partial charge in [-0.1, -0.05) is 56.9 Å². The third-order valence-corrected chi connectivity index (χ3v) is 5.54. The Morgan fingerprint density at radius 3 is 2.35 bits per heavy atom. The molecule has 0 fully saturated rings. The van der Waals surface area contributed by atoms with Gasteiger partial charge in [0, 0.05) is 5.57 Å². The topological polar surface area (TPSA) is 63.6 Å². The van der Waals surface area contributed by atoms with Gasteiger partial charge in [-0.3, -0.25) is 0 Å². The number of ether oxygens (including phenoxy) is 1.